The number of rotatable bonds is 6. The molecule has 0 aliphatic heterocycles. The zero-order valence-electron chi connectivity index (χ0n) is 15.1. The molecule has 2 aromatic rings. The second-order valence-electron chi connectivity index (χ2n) is 6.24. The highest BCUT2D eigenvalue weighted by atomic mass is 35.5. The number of carbonyl (C=O) groups excluding carboxylic acids is 1. The molecule has 1 N–H and O–H groups in total. The van der Waals surface area contributed by atoms with E-state index in [0.29, 0.717) is 10.8 Å². The predicted octanol–water partition coefficient (Wildman–Crippen LogP) is 3.70. The van der Waals surface area contributed by atoms with E-state index >= 15 is 0 Å². The van der Waals surface area contributed by atoms with Crippen molar-refractivity contribution in [2.24, 2.45) is 0 Å². The van der Waals surface area contributed by atoms with Crippen LogP contribution in [-0.4, -0.2) is 26.7 Å². The Morgan fingerprint density at radius 2 is 1.73 bits per heavy atom. The molecule has 0 saturated carbocycles. The Hall–Kier alpha value is -2.05. The van der Waals surface area contributed by atoms with Crippen LogP contribution in [0.2, 0.25) is 5.02 Å². The number of hydrogen-bond acceptors (Lipinski definition) is 4. The molecule has 0 aliphatic carbocycles. The average molecular weight is 396 g/mol. The van der Waals surface area contributed by atoms with Gasteiger partial charge in [-0.1, -0.05) is 23.7 Å². The minimum absolute atomic E-state index is 0.245. The van der Waals surface area contributed by atoms with Gasteiger partial charge < -0.3 is 10.1 Å². The number of halogens is 1. The number of amides is 1. The van der Waals surface area contributed by atoms with Gasteiger partial charge in [-0.25, -0.2) is 8.42 Å². The molecular formula is C19H22ClNO4S. The Balaban J connectivity index is 2.00. The van der Waals surface area contributed by atoms with E-state index in [1.165, 1.54) is 12.1 Å². The van der Waals surface area contributed by atoms with Gasteiger partial charge in [0.25, 0.3) is 5.91 Å². The van der Waals surface area contributed by atoms with E-state index in [-0.39, 0.29) is 16.8 Å². The lowest BCUT2D eigenvalue weighted by Gasteiger charge is -2.19. The van der Waals surface area contributed by atoms with Gasteiger partial charge in [-0.2, -0.15) is 0 Å². The molecule has 2 atom stereocenters. The topological polar surface area (TPSA) is 72.5 Å². The molecule has 0 aromatic heterocycles. The van der Waals surface area contributed by atoms with Crippen LogP contribution in [0.1, 0.15) is 31.0 Å². The summed E-state index contributed by atoms with van der Waals surface area (Å²) in [6, 6.07) is 11.4. The van der Waals surface area contributed by atoms with Crippen molar-refractivity contribution in [3.63, 3.8) is 0 Å². The molecule has 0 radical (unpaired) electrons. The summed E-state index contributed by atoms with van der Waals surface area (Å²) in [4.78, 5) is 12.6. The van der Waals surface area contributed by atoms with E-state index in [0.717, 1.165) is 17.4 Å². The largest absolute Gasteiger partial charge is 0.481 e. The van der Waals surface area contributed by atoms with Crippen molar-refractivity contribution in [2.45, 2.75) is 37.8 Å². The van der Waals surface area contributed by atoms with Gasteiger partial charge in [0.1, 0.15) is 5.75 Å². The Bertz CT molecular complexity index is 894. The highest BCUT2D eigenvalue weighted by Gasteiger charge is 2.18. The number of ether oxygens (including phenoxy) is 1. The maximum atomic E-state index is 12.4. The first-order chi connectivity index (χ1) is 12.1. The molecule has 0 saturated heterocycles. The van der Waals surface area contributed by atoms with Crippen molar-refractivity contribution in [2.75, 3.05) is 6.26 Å². The Morgan fingerprint density at radius 3 is 2.27 bits per heavy atom. The average Bonchev–Trinajstić information content (AvgIpc) is 2.57. The molecule has 140 valence electrons. The second-order valence-corrected chi connectivity index (χ2v) is 8.67. The van der Waals surface area contributed by atoms with Crippen LogP contribution in [0.4, 0.5) is 0 Å². The lowest BCUT2D eigenvalue weighted by Crippen LogP contribution is -2.37. The first-order valence-corrected chi connectivity index (χ1v) is 10.4. The summed E-state index contributed by atoms with van der Waals surface area (Å²) < 4.78 is 28.7. The Kier molecular flexibility index (Phi) is 6.31. The molecule has 0 bridgehead atoms. The number of sulfone groups is 1. The zero-order valence-corrected chi connectivity index (χ0v) is 16.7. The van der Waals surface area contributed by atoms with Crippen molar-refractivity contribution < 1.29 is 17.9 Å². The van der Waals surface area contributed by atoms with Gasteiger partial charge in [0.05, 0.1) is 10.9 Å². The Labute approximate surface area is 159 Å². The Morgan fingerprint density at radius 1 is 1.12 bits per heavy atom. The molecule has 26 heavy (non-hydrogen) atoms. The van der Waals surface area contributed by atoms with E-state index in [9.17, 15) is 13.2 Å². The van der Waals surface area contributed by atoms with Gasteiger partial charge in [0, 0.05) is 11.3 Å². The second kappa shape index (κ2) is 8.10. The molecule has 0 spiro atoms. The van der Waals surface area contributed by atoms with E-state index in [1.807, 2.05) is 13.8 Å². The van der Waals surface area contributed by atoms with Crippen LogP contribution in [0.3, 0.4) is 0 Å². The minimum atomic E-state index is -3.24. The van der Waals surface area contributed by atoms with Crippen LogP contribution in [-0.2, 0) is 14.6 Å². The fourth-order valence-corrected chi connectivity index (χ4v) is 3.11. The third-order valence-electron chi connectivity index (χ3n) is 3.98. The van der Waals surface area contributed by atoms with Crippen molar-refractivity contribution in [3.8, 4) is 5.75 Å². The van der Waals surface area contributed by atoms with E-state index in [4.69, 9.17) is 16.3 Å². The predicted molar refractivity (Wildman–Crippen MR) is 102 cm³/mol. The number of benzene rings is 2. The molecule has 0 heterocycles. The van der Waals surface area contributed by atoms with Crippen molar-refractivity contribution >= 4 is 27.3 Å². The van der Waals surface area contributed by atoms with Gasteiger partial charge in [-0.15, -0.1) is 0 Å². The van der Waals surface area contributed by atoms with E-state index in [1.54, 1.807) is 37.3 Å². The van der Waals surface area contributed by atoms with Gasteiger partial charge in [0.15, 0.2) is 15.9 Å². The fraction of sp³-hybridized carbons (Fsp3) is 0.316. The zero-order chi connectivity index (χ0) is 19.5. The van der Waals surface area contributed by atoms with Crippen LogP contribution in [0.15, 0.2) is 47.4 Å². The molecule has 2 unspecified atom stereocenters. The van der Waals surface area contributed by atoms with Gasteiger partial charge in [-0.05, 0) is 62.2 Å². The molecule has 7 heteroatoms. The van der Waals surface area contributed by atoms with Gasteiger partial charge in [0.2, 0.25) is 0 Å². The summed E-state index contributed by atoms with van der Waals surface area (Å²) in [5.41, 5.74) is 1.68. The number of carbonyl (C=O) groups is 1. The van der Waals surface area contributed by atoms with Crippen LogP contribution in [0, 0.1) is 6.92 Å². The summed E-state index contributed by atoms with van der Waals surface area (Å²) in [7, 11) is -3.24. The van der Waals surface area contributed by atoms with E-state index < -0.39 is 15.9 Å². The minimum Gasteiger partial charge on any atom is -0.481 e. The van der Waals surface area contributed by atoms with Crippen molar-refractivity contribution in [1.82, 2.24) is 5.32 Å². The molecule has 2 aromatic carbocycles. The highest BCUT2D eigenvalue weighted by Crippen LogP contribution is 2.22. The summed E-state index contributed by atoms with van der Waals surface area (Å²) in [5, 5.41) is 3.50. The summed E-state index contributed by atoms with van der Waals surface area (Å²) in [6.45, 7) is 5.35. The number of aryl methyl sites for hydroxylation is 1. The van der Waals surface area contributed by atoms with Crippen LogP contribution in [0.5, 0.6) is 5.75 Å². The quantitative estimate of drug-likeness (QED) is 0.809. The SMILES string of the molecule is Cc1cc(OC(C)C(=O)NC(C)c2ccc(S(C)(=O)=O)cc2)ccc1Cl. The monoisotopic (exact) mass is 395 g/mol. The maximum absolute atomic E-state index is 12.4. The summed E-state index contributed by atoms with van der Waals surface area (Å²) in [6.07, 6.45) is 0.471. The summed E-state index contributed by atoms with van der Waals surface area (Å²) in [5.74, 6) is 0.303. The van der Waals surface area contributed by atoms with Crippen LogP contribution < -0.4 is 10.1 Å². The van der Waals surface area contributed by atoms with E-state index in [2.05, 4.69) is 5.32 Å². The molecule has 0 aliphatic rings. The molecular weight excluding hydrogens is 374 g/mol. The lowest BCUT2D eigenvalue weighted by molar-refractivity contribution is -0.127. The number of nitrogens with one attached hydrogen (secondary N) is 1. The van der Waals surface area contributed by atoms with Crippen LogP contribution in [0.25, 0.3) is 0 Å². The smallest absolute Gasteiger partial charge is 0.261 e. The van der Waals surface area contributed by atoms with Gasteiger partial charge >= 0.3 is 0 Å². The highest BCUT2D eigenvalue weighted by molar-refractivity contribution is 7.90. The third kappa shape index (κ3) is 5.22. The molecule has 1 amide bonds. The first kappa shape index (κ1) is 20.3. The molecule has 5 nitrogen and oxygen atoms in total. The van der Waals surface area contributed by atoms with Gasteiger partial charge in [-0.3, -0.25) is 4.79 Å². The van der Waals surface area contributed by atoms with Crippen LogP contribution >= 0.6 is 11.6 Å². The molecule has 2 rings (SSSR count). The summed E-state index contributed by atoms with van der Waals surface area (Å²) >= 11 is 5.98. The third-order valence-corrected chi connectivity index (χ3v) is 5.53. The number of hydrogen-bond donors (Lipinski definition) is 1. The van der Waals surface area contributed by atoms with Crippen molar-refractivity contribution in [1.29, 1.82) is 0 Å². The maximum Gasteiger partial charge on any atom is 0.261 e. The normalized spacial score (nSPS) is 13.7. The standard InChI is InChI=1S/C19H22ClNO4S/c1-12-11-16(7-10-18(12)20)25-14(3)19(22)21-13(2)15-5-8-17(9-6-15)26(4,23)24/h5-11,13-14H,1-4H3,(H,21,22). The molecule has 0 fully saturated rings. The van der Waals surface area contributed by atoms with Crippen molar-refractivity contribution in [3.05, 3.63) is 58.6 Å². The fourth-order valence-electron chi connectivity index (χ4n) is 2.37. The first-order valence-electron chi connectivity index (χ1n) is 8.11. The lowest BCUT2D eigenvalue weighted by atomic mass is 10.1.